The van der Waals surface area contributed by atoms with Crippen molar-refractivity contribution in [3.8, 4) is 0 Å². The van der Waals surface area contributed by atoms with Crippen LogP contribution in [-0.4, -0.2) is 10.1 Å². The molecular weight excluding hydrogens is 249 g/mol. The number of aliphatic hydroxyl groups is 1. The first-order valence-corrected chi connectivity index (χ1v) is 6.69. The van der Waals surface area contributed by atoms with Crippen molar-refractivity contribution in [1.82, 2.24) is 4.98 Å². The Balaban J connectivity index is 2.37. The first kappa shape index (κ1) is 13.2. The van der Waals surface area contributed by atoms with Crippen molar-refractivity contribution in [2.24, 2.45) is 0 Å². The number of halogens is 1. The topological polar surface area (TPSA) is 33.1 Å². The van der Waals surface area contributed by atoms with E-state index in [9.17, 15) is 9.50 Å². The molecule has 2 rings (SSSR count). The summed E-state index contributed by atoms with van der Waals surface area (Å²) in [5.41, 5.74) is 1.41. The highest BCUT2D eigenvalue weighted by Crippen LogP contribution is 2.34. The van der Waals surface area contributed by atoms with Gasteiger partial charge in [-0.05, 0) is 38.5 Å². The number of hydrogen-bond donors (Lipinski definition) is 1. The maximum absolute atomic E-state index is 12.9. The Labute approximate surface area is 110 Å². The van der Waals surface area contributed by atoms with Gasteiger partial charge in [-0.1, -0.05) is 12.1 Å². The molecule has 0 aliphatic carbocycles. The second-order valence-corrected chi connectivity index (χ2v) is 5.74. The molecule has 2 aromatic rings. The normalized spacial score (nSPS) is 13.6. The fraction of sp³-hybridized carbons (Fsp3) is 0.357. The number of hydrogen-bond acceptors (Lipinski definition) is 3. The van der Waals surface area contributed by atoms with Crippen LogP contribution in [0.15, 0.2) is 29.6 Å². The van der Waals surface area contributed by atoms with Crippen molar-refractivity contribution >= 4 is 11.3 Å². The van der Waals surface area contributed by atoms with Gasteiger partial charge in [0, 0.05) is 10.8 Å². The van der Waals surface area contributed by atoms with Crippen molar-refractivity contribution in [1.29, 1.82) is 0 Å². The third-order valence-corrected chi connectivity index (χ3v) is 4.23. The molecule has 0 radical (unpaired) electrons. The number of thiazole rings is 1. The summed E-state index contributed by atoms with van der Waals surface area (Å²) in [7, 11) is 0. The molecule has 0 bridgehead atoms. The quantitative estimate of drug-likeness (QED) is 0.918. The van der Waals surface area contributed by atoms with Gasteiger partial charge < -0.3 is 5.11 Å². The summed E-state index contributed by atoms with van der Waals surface area (Å²) in [6.07, 6.45) is -0.556. The molecule has 0 saturated heterocycles. The van der Waals surface area contributed by atoms with E-state index in [1.165, 1.54) is 23.5 Å². The van der Waals surface area contributed by atoms with Crippen LogP contribution in [0.1, 0.15) is 43.1 Å². The van der Waals surface area contributed by atoms with Gasteiger partial charge in [0.2, 0.25) is 0 Å². The standard InChI is InChI=1S/C14H16FNOS/c1-9(17)12-8-18-13(16-12)14(2,3)10-4-6-11(15)7-5-10/h4-9,17H,1-3H3. The zero-order valence-electron chi connectivity index (χ0n) is 10.6. The van der Waals surface area contributed by atoms with Crippen LogP contribution in [-0.2, 0) is 5.41 Å². The monoisotopic (exact) mass is 265 g/mol. The molecule has 0 amide bonds. The Kier molecular flexibility index (Phi) is 3.50. The third kappa shape index (κ3) is 2.44. The van der Waals surface area contributed by atoms with Crippen LogP contribution in [0, 0.1) is 5.82 Å². The fourth-order valence-electron chi connectivity index (χ4n) is 1.76. The molecule has 2 nitrogen and oxygen atoms in total. The number of rotatable bonds is 3. The predicted molar refractivity (Wildman–Crippen MR) is 71.3 cm³/mol. The zero-order chi connectivity index (χ0) is 13.3. The summed E-state index contributed by atoms with van der Waals surface area (Å²) in [6, 6.07) is 6.47. The van der Waals surface area contributed by atoms with Crippen molar-refractivity contribution in [3.63, 3.8) is 0 Å². The Morgan fingerprint density at radius 1 is 1.28 bits per heavy atom. The van der Waals surface area contributed by atoms with Crippen LogP contribution in [0.2, 0.25) is 0 Å². The molecule has 1 unspecified atom stereocenters. The molecule has 0 fully saturated rings. The van der Waals surface area contributed by atoms with Gasteiger partial charge in [0.25, 0.3) is 0 Å². The first-order valence-electron chi connectivity index (χ1n) is 5.81. The number of aromatic nitrogens is 1. The van der Waals surface area contributed by atoms with Crippen molar-refractivity contribution in [2.75, 3.05) is 0 Å². The van der Waals surface area contributed by atoms with Gasteiger partial charge in [0.05, 0.1) is 11.8 Å². The molecule has 18 heavy (non-hydrogen) atoms. The summed E-state index contributed by atoms with van der Waals surface area (Å²) >= 11 is 1.52. The summed E-state index contributed by atoms with van der Waals surface area (Å²) in [6.45, 7) is 5.79. The van der Waals surface area contributed by atoms with E-state index < -0.39 is 6.10 Å². The van der Waals surface area contributed by atoms with Crippen molar-refractivity contribution < 1.29 is 9.50 Å². The van der Waals surface area contributed by atoms with E-state index in [1.807, 2.05) is 19.2 Å². The molecule has 96 valence electrons. The minimum Gasteiger partial charge on any atom is -0.387 e. The van der Waals surface area contributed by atoms with Gasteiger partial charge in [-0.15, -0.1) is 11.3 Å². The van der Waals surface area contributed by atoms with Crippen LogP contribution in [0.5, 0.6) is 0 Å². The van der Waals surface area contributed by atoms with Crippen LogP contribution in [0.3, 0.4) is 0 Å². The highest BCUT2D eigenvalue weighted by atomic mass is 32.1. The summed E-state index contributed by atoms with van der Waals surface area (Å²) in [4.78, 5) is 4.46. The molecule has 1 aromatic heterocycles. The summed E-state index contributed by atoms with van der Waals surface area (Å²) < 4.78 is 12.9. The van der Waals surface area contributed by atoms with Crippen LogP contribution < -0.4 is 0 Å². The summed E-state index contributed by atoms with van der Waals surface area (Å²) in [5.74, 6) is -0.238. The lowest BCUT2D eigenvalue weighted by molar-refractivity contribution is 0.194. The van der Waals surface area contributed by atoms with E-state index in [1.54, 1.807) is 19.1 Å². The lowest BCUT2D eigenvalue weighted by Crippen LogP contribution is -2.18. The third-order valence-electron chi connectivity index (χ3n) is 3.05. The van der Waals surface area contributed by atoms with Crippen molar-refractivity contribution in [2.45, 2.75) is 32.3 Å². The smallest absolute Gasteiger partial charge is 0.123 e. The minimum absolute atomic E-state index is 0.238. The van der Waals surface area contributed by atoms with E-state index in [0.29, 0.717) is 5.69 Å². The Bertz CT molecular complexity index is 531. The molecule has 1 aromatic carbocycles. The lowest BCUT2D eigenvalue weighted by Gasteiger charge is -2.22. The zero-order valence-corrected chi connectivity index (χ0v) is 11.5. The molecule has 1 atom stereocenters. The molecule has 0 spiro atoms. The number of nitrogens with zero attached hydrogens (tertiary/aromatic N) is 1. The van der Waals surface area contributed by atoms with Gasteiger partial charge in [-0.2, -0.15) is 0 Å². The van der Waals surface area contributed by atoms with E-state index in [2.05, 4.69) is 4.98 Å². The van der Waals surface area contributed by atoms with Crippen LogP contribution in [0.4, 0.5) is 4.39 Å². The van der Waals surface area contributed by atoms with Gasteiger partial charge in [0.15, 0.2) is 0 Å². The van der Waals surface area contributed by atoms with E-state index >= 15 is 0 Å². The largest absolute Gasteiger partial charge is 0.387 e. The minimum atomic E-state index is -0.556. The second kappa shape index (κ2) is 4.78. The van der Waals surface area contributed by atoms with Gasteiger partial charge >= 0.3 is 0 Å². The van der Waals surface area contributed by atoms with Crippen molar-refractivity contribution in [3.05, 3.63) is 51.7 Å². The molecule has 0 aliphatic rings. The van der Waals surface area contributed by atoms with Gasteiger partial charge in [0.1, 0.15) is 10.8 Å². The van der Waals surface area contributed by atoms with Gasteiger partial charge in [-0.3, -0.25) is 0 Å². The fourth-order valence-corrected chi connectivity index (χ4v) is 2.81. The second-order valence-electron chi connectivity index (χ2n) is 4.89. The van der Waals surface area contributed by atoms with E-state index in [-0.39, 0.29) is 11.2 Å². The first-order chi connectivity index (χ1) is 8.41. The average Bonchev–Trinajstić information content (AvgIpc) is 2.79. The Morgan fingerprint density at radius 2 is 1.89 bits per heavy atom. The number of benzene rings is 1. The molecule has 1 N–H and O–H groups in total. The van der Waals surface area contributed by atoms with E-state index in [0.717, 1.165) is 10.6 Å². The summed E-state index contributed by atoms with van der Waals surface area (Å²) in [5, 5.41) is 12.3. The Morgan fingerprint density at radius 3 is 2.39 bits per heavy atom. The molecular formula is C14H16FNOS. The van der Waals surface area contributed by atoms with Crippen LogP contribution >= 0.6 is 11.3 Å². The van der Waals surface area contributed by atoms with E-state index in [4.69, 9.17) is 0 Å². The maximum atomic E-state index is 12.9. The highest BCUT2D eigenvalue weighted by Gasteiger charge is 2.27. The molecule has 1 heterocycles. The molecule has 0 saturated carbocycles. The molecule has 4 heteroatoms. The predicted octanol–water partition coefficient (Wildman–Crippen LogP) is 3.66. The van der Waals surface area contributed by atoms with Gasteiger partial charge in [-0.25, -0.2) is 9.37 Å². The molecule has 0 aliphatic heterocycles. The maximum Gasteiger partial charge on any atom is 0.123 e. The lowest BCUT2D eigenvalue weighted by atomic mass is 9.85. The number of aliphatic hydroxyl groups excluding tert-OH is 1. The SMILES string of the molecule is CC(O)c1csc(C(C)(C)c2ccc(F)cc2)n1. The van der Waals surface area contributed by atoms with Crippen LogP contribution in [0.25, 0.3) is 0 Å². The highest BCUT2D eigenvalue weighted by molar-refractivity contribution is 7.09. The Hall–Kier alpha value is -1.26. The average molecular weight is 265 g/mol.